The van der Waals surface area contributed by atoms with E-state index in [1.54, 1.807) is 42.5 Å². The van der Waals surface area contributed by atoms with Crippen molar-refractivity contribution in [2.45, 2.75) is 32.0 Å². The quantitative estimate of drug-likeness (QED) is 0.242. The van der Waals surface area contributed by atoms with Crippen molar-refractivity contribution in [2.24, 2.45) is 0 Å². The maximum absolute atomic E-state index is 12.5. The molecule has 0 saturated heterocycles. The average molecular weight is 554 g/mol. The van der Waals surface area contributed by atoms with Gasteiger partial charge in [-0.2, -0.15) is 18.4 Å². The summed E-state index contributed by atoms with van der Waals surface area (Å²) in [6, 6.07) is 21.3. The minimum absolute atomic E-state index is 0.0407. The minimum Gasteiger partial charge on any atom is -0.488 e. The fourth-order valence-corrected chi connectivity index (χ4v) is 4.56. The van der Waals surface area contributed by atoms with Crippen molar-refractivity contribution in [1.82, 2.24) is 5.32 Å². The lowest BCUT2D eigenvalue weighted by molar-refractivity contribution is -0.153. The standard InChI is InChI=1S/C30H30F3N3O4/c1-21(35-12-14-38-26-9-5-6-10-27(26)39-19-30(31,32)33)15-22-16-24-11-13-36(28(24)25(17-22)18-34)20-40-29(37)23-7-3-2-4-8-23/h2-10,16-17,21,35H,11-15,19-20H2,1H3. The summed E-state index contributed by atoms with van der Waals surface area (Å²) < 4.78 is 53.5. The van der Waals surface area contributed by atoms with E-state index in [-0.39, 0.29) is 30.9 Å². The average Bonchev–Trinajstić information content (AvgIpc) is 3.36. The van der Waals surface area contributed by atoms with Gasteiger partial charge in [0.15, 0.2) is 24.8 Å². The summed E-state index contributed by atoms with van der Waals surface area (Å²) in [7, 11) is 0. The Morgan fingerprint density at radius 2 is 1.77 bits per heavy atom. The third-order valence-electron chi connectivity index (χ3n) is 6.33. The number of para-hydroxylation sites is 2. The summed E-state index contributed by atoms with van der Waals surface area (Å²) in [6.07, 6.45) is -3.02. The monoisotopic (exact) mass is 553 g/mol. The molecule has 0 radical (unpaired) electrons. The van der Waals surface area contributed by atoms with Gasteiger partial charge in [0.25, 0.3) is 0 Å². The summed E-state index contributed by atoms with van der Waals surface area (Å²) in [5.41, 5.74) is 3.85. The second-order valence-electron chi connectivity index (χ2n) is 9.46. The van der Waals surface area contributed by atoms with Crippen LogP contribution in [0.25, 0.3) is 0 Å². The first-order valence-corrected chi connectivity index (χ1v) is 12.9. The lowest BCUT2D eigenvalue weighted by atomic mass is 9.99. The highest BCUT2D eigenvalue weighted by molar-refractivity contribution is 5.89. The molecule has 1 unspecified atom stereocenters. The molecular formula is C30H30F3N3O4. The van der Waals surface area contributed by atoms with Crippen LogP contribution in [0.3, 0.4) is 0 Å². The number of benzene rings is 3. The van der Waals surface area contributed by atoms with E-state index < -0.39 is 18.8 Å². The second kappa shape index (κ2) is 13.2. The lowest BCUT2D eigenvalue weighted by Crippen LogP contribution is -2.32. The molecule has 3 aromatic rings. The Hall–Kier alpha value is -4.23. The van der Waals surface area contributed by atoms with Gasteiger partial charge in [0, 0.05) is 19.1 Å². The maximum Gasteiger partial charge on any atom is 0.422 e. The molecule has 0 bridgehead atoms. The number of alkyl halides is 3. The Morgan fingerprint density at radius 1 is 1.07 bits per heavy atom. The molecule has 0 saturated carbocycles. The number of halogens is 3. The molecule has 0 amide bonds. The van der Waals surface area contributed by atoms with Gasteiger partial charge < -0.3 is 24.4 Å². The first kappa shape index (κ1) is 28.8. The smallest absolute Gasteiger partial charge is 0.422 e. The molecule has 1 aliphatic rings. The Bertz CT molecular complexity index is 1340. The zero-order valence-electron chi connectivity index (χ0n) is 22.0. The Kier molecular flexibility index (Phi) is 9.51. The van der Waals surface area contributed by atoms with Gasteiger partial charge >= 0.3 is 12.1 Å². The van der Waals surface area contributed by atoms with E-state index in [2.05, 4.69) is 17.5 Å². The lowest BCUT2D eigenvalue weighted by Gasteiger charge is -2.21. The number of esters is 1. The normalized spacial score (nSPS) is 13.3. The summed E-state index contributed by atoms with van der Waals surface area (Å²) >= 11 is 0. The number of nitrogens with zero attached hydrogens (tertiary/aromatic N) is 2. The SMILES string of the molecule is CC(Cc1cc(C#N)c2c(c1)CCN2COC(=O)c1ccccc1)NCCOc1ccccc1OCC(F)(F)F. The molecule has 0 aliphatic carbocycles. The number of carbonyl (C=O) groups excluding carboxylic acids is 1. The van der Waals surface area contributed by atoms with E-state index in [0.717, 1.165) is 23.2 Å². The third-order valence-corrected chi connectivity index (χ3v) is 6.33. The number of anilines is 1. The van der Waals surface area contributed by atoms with E-state index >= 15 is 0 Å². The Balaban J connectivity index is 1.28. The first-order valence-electron chi connectivity index (χ1n) is 12.9. The van der Waals surface area contributed by atoms with Gasteiger partial charge in [-0.1, -0.05) is 36.4 Å². The van der Waals surface area contributed by atoms with Gasteiger partial charge in [-0.05, 0) is 61.2 Å². The largest absolute Gasteiger partial charge is 0.488 e. The van der Waals surface area contributed by atoms with E-state index in [1.807, 2.05) is 24.0 Å². The van der Waals surface area contributed by atoms with Crippen LogP contribution >= 0.6 is 0 Å². The summed E-state index contributed by atoms with van der Waals surface area (Å²) in [5, 5.41) is 13.2. The number of rotatable bonds is 12. The number of nitrogens with one attached hydrogen (secondary N) is 1. The van der Waals surface area contributed by atoms with Gasteiger partial charge in [-0.3, -0.25) is 0 Å². The van der Waals surface area contributed by atoms with Gasteiger partial charge in [0.1, 0.15) is 12.7 Å². The number of hydrogen-bond donors (Lipinski definition) is 1. The summed E-state index contributed by atoms with van der Waals surface area (Å²) in [5.74, 6) is -0.123. The maximum atomic E-state index is 12.5. The molecule has 210 valence electrons. The molecule has 1 N–H and O–H groups in total. The van der Waals surface area contributed by atoms with Crippen molar-refractivity contribution >= 4 is 11.7 Å². The van der Waals surface area contributed by atoms with Gasteiger partial charge in [-0.15, -0.1) is 0 Å². The topological polar surface area (TPSA) is 83.8 Å². The molecule has 1 atom stereocenters. The van der Waals surface area contributed by atoms with Crippen LogP contribution in [0.2, 0.25) is 0 Å². The number of fused-ring (bicyclic) bond motifs is 1. The fraction of sp³-hybridized carbons (Fsp3) is 0.333. The van der Waals surface area contributed by atoms with E-state index in [4.69, 9.17) is 14.2 Å². The predicted octanol–water partition coefficient (Wildman–Crippen LogP) is 5.28. The second-order valence-corrected chi connectivity index (χ2v) is 9.46. The molecule has 7 nitrogen and oxygen atoms in total. The number of nitriles is 1. The van der Waals surface area contributed by atoms with Crippen LogP contribution in [0, 0.1) is 11.3 Å². The van der Waals surface area contributed by atoms with Crippen LogP contribution < -0.4 is 19.7 Å². The number of ether oxygens (including phenoxy) is 3. The molecular weight excluding hydrogens is 523 g/mol. The van der Waals surface area contributed by atoms with Crippen molar-refractivity contribution in [2.75, 3.05) is 37.9 Å². The van der Waals surface area contributed by atoms with Crippen LogP contribution in [0.15, 0.2) is 66.7 Å². The molecule has 1 aliphatic heterocycles. The Labute approximate surface area is 231 Å². The van der Waals surface area contributed by atoms with Gasteiger partial charge in [-0.25, -0.2) is 4.79 Å². The van der Waals surface area contributed by atoms with Crippen molar-refractivity contribution in [3.05, 3.63) is 89.0 Å². The highest BCUT2D eigenvalue weighted by atomic mass is 19.4. The molecule has 10 heteroatoms. The number of carbonyl (C=O) groups is 1. The molecule has 1 heterocycles. The van der Waals surface area contributed by atoms with E-state index in [0.29, 0.717) is 30.6 Å². The summed E-state index contributed by atoms with van der Waals surface area (Å²) in [4.78, 5) is 14.2. The first-order chi connectivity index (χ1) is 19.2. The molecule has 0 spiro atoms. The van der Waals surface area contributed by atoms with Gasteiger partial charge in [0.05, 0.1) is 16.8 Å². The highest BCUT2D eigenvalue weighted by Crippen LogP contribution is 2.33. The molecule has 4 rings (SSSR count). The molecule has 0 fully saturated rings. The minimum atomic E-state index is -4.43. The summed E-state index contributed by atoms with van der Waals surface area (Å²) in [6.45, 7) is 2.04. The van der Waals surface area contributed by atoms with Crippen LogP contribution in [-0.2, 0) is 17.6 Å². The molecule has 0 aromatic heterocycles. The van der Waals surface area contributed by atoms with E-state index in [1.165, 1.54) is 6.07 Å². The number of hydrogen-bond acceptors (Lipinski definition) is 7. The Morgan fingerprint density at radius 3 is 2.48 bits per heavy atom. The third kappa shape index (κ3) is 7.90. The fourth-order valence-electron chi connectivity index (χ4n) is 4.56. The zero-order chi connectivity index (χ0) is 28.5. The van der Waals surface area contributed by atoms with Crippen LogP contribution in [0.5, 0.6) is 11.5 Å². The van der Waals surface area contributed by atoms with Crippen LogP contribution in [-0.4, -0.2) is 51.2 Å². The van der Waals surface area contributed by atoms with Crippen molar-refractivity contribution in [1.29, 1.82) is 5.26 Å². The van der Waals surface area contributed by atoms with Crippen LogP contribution in [0.4, 0.5) is 18.9 Å². The molecule has 3 aromatic carbocycles. The molecule has 40 heavy (non-hydrogen) atoms. The van der Waals surface area contributed by atoms with Gasteiger partial charge in [0.2, 0.25) is 0 Å². The predicted molar refractivity (Wildman–Crippen MR) is 144 cm³/mol. The van der Waals surface area contributed by atoms with Crippen LogP contribution in [0.1, 0.15) is 34.0 Å². The van der Waals surface area contributed by atoms with Crippen molar-refractivity contribution < 1.29 is 32.2 Å². The van der Waals surface area contributed by atoms with E-state index in [9.17, 15) is 23.2 Å². The van der Waals surface area contributed by atoms with Crippen molar-refractivity contribution in [3.63, 3.8) is 0 Å². The van der Waals surface area contributed by atoms with Crippen molar-refractivity contribution in [3.8, 4) is 17.6 Å². The zero-order valence-corrected chi connectivity index (χ0v) is 22.0. The highest BCUT2D eigenvalue weighted by Gasteiger charge is 2.29.